The summed E-state index contributed by atoms with van der Waals surface area (Å²) in [5.74, 6) is -0.918. The number of benzene rings is 1. The van der Waals surface area contributed by atoms with E-state index < -0.39 is 5.92 Å². The molecule has 1 aromatic heterocycles. The number of aryl methyl sites for hydroxylation is 1. The lowest BCUT2D eigenvalue weighted by Crippen LogP contribution is -2.28. The van der Waals surface area contributed by atoms with Gasteiger partial charge in [0.05, 0.1) is 11.6 Å². The lowest BCUT2D eigenvalue weighted by atomic mass is 10.1. The van der Waals surface area contributed by atoms with E-state index in [1.165, 1.54) is 11.3 Å². The summed E-state index contributed by atoms with van der Waals surface area (Å²) in [5, 5.41) is 6.02. The zero-order valence-electron chi connectivity index (χ0n) is 14.3. The first-order valence-electron chi connectivity index (χ1n) is 8.66. The van der Waals surface area contributed by atoms with Crippen LogP contribution in [0, 0.1) is 5.92 Å². The molecule has 0 aliphatic carbocycles. The highest BCUT2D eigenvalue weighted by Crippen LogP contribution is 2.30. The van der Waals surface area contributed by atoms with Crippen LogP contribution in [0.25, 0.3) is 0 Å². The summed E-state index contributed by atoms with van der Waals surface area (Å²) in [6.45, 7) is 0.964. The van der Waals surface area contributed by atoms with E-state index in [0.717, 1.165) is 22.3 Å². The summed E-state index contributed by atoms with van der Waals surface area (Å²) in [6.07, 6.45) is 1.69. The molecule has 27 heavy (non-hydrogen) atoms. The number of carbonyl (C=O) groups is 3. The summed E-state index contributed by atoms with van der Waals surface area (Å²) in [7, 11) is 0. The first-order chi connectivity index (χ1) is 13.0. The number of nitrogens with one attached hydrogen (secondary N) is 2. The molecule has 1 aromatic carbocycles. The zero-order valence-corrected chi connectivity index (χ0v) is 16.7. The van der Waals surface area contributed by atoms with Gasteiger partial charge in [-0.25, -0.2) is 4.98 Å². The molecule has 2 aliphatic heterocycles. The number of amides is 3. The fourth-order valence-electron chi connectivity index (χ4n) is 3.27. The first-order valence-corrected chi connectivity index (χ1v) is 10.3. The number of carbonyl (C=O) groups excluding carboxylic acids is 3. The molecule has 140 valence electrons. The van der Waals surface area contributed by atoms with Crippen LogP contribution in [0.4, 0.5) is 10.8 Å². The van der Waals surface area contributed by atoms with Crippen LogP contribution in [0.1, 0.15) is 28.2 Å². The van der Waals surface area contributed by atoms with Crippen LogP contribution < -0.4 is 15.5 Å². The van der Waals surface area contributed by atoms with Gasteiger partial charge in [0.25, 0.3) is 5.91 Å². The second kappa shape index (κ2) is 7.40. The normalized spacial score (nSPS) is 19.4. The molecule has 2 aliphatic rings. The third-order valence-electron chi connectivity index (χ3n) is 4.63. The highest BCUT2D eigenvalue weighted by Gasteiger charge is 2.35. The van der Waals surface area contributed by atoms with Gasteiger partial charge in [0.1, 0.15) is 4.88 Å². The maximum atomic E-state index is 12.6. The Morgan fingerprint density at radius 1 is 1.37 bits per heavy atom. The molecule has 0 saturated carbocycles. The highest BCUT2D eigenvalue weighted by atomic mass is 79.9. The van der Waals surface area contributed by atoms with Gasteiger partial charge in [-0.3, -0.25) is 14.4 Å². The van der Waals surface area contributed by atoms with Crippen molar-refractivity contribution in [3.8, 4) is 0 Å². The van der Waals surface area contributed by atoms with E-state index in [0.29, 0.717) is 29.5 Å². The second-order valence-electron chi connectivity index (χ2n) is 6.53. The fourth-order valence-corrected chi connectivity index (χ4v) is 4.59. The smallest absolute Gasteiger partial charge is 0.263 e. The van der Waals surface area contributed by atoms with Crippen molar-refractivity contribution >= 4 is 55.8 Å². The monoisotopic (exact) mass is 448 g/mol. The topological polar surface area (TPSA) is 91.4 Å². The average Bonchev–Trinajstić information content (AvgIpc) is 3.18. The van der Waals surface area contributed by atoms with Crippen LogP contribution in [0.3, 0.4) is 0 Å². The Morgan fingerprint density at radius 3 is 3.04 bits per heavy atom. The van der Waals surface area contributed by atoms with Crippen molar-refractivity contribution in [2.75, 3.05) is 23.3 Å². The Bertz CT molecular complexity index is 929. The number of fused-ring (bicyclic) bond motifs is 1. The lowest BCUT2D eigenvalue weighted by Gasteiger charge is -2.16. The van der Waals surface area contributed by atoms with E-state index in [9.17, 15) is 14.4 Å². The predicted molar refractivity (Wildman–Crippen MR) is 106 cm³/mol. The maximum absolute atomic E-state index is 12.6. The molecule has 0 radical (unpaired) electrons. The van der Waals surface area contributed by atoms with Crippen molar-refractivity contribution in [1.82, 2.24) is 10.3 Å². The van der Waals surface area contributed by atoms with Crippen molar-refractivity contribution in [2.45, 2.75) is 19.3 Å². The maximum Gasteiger partial charge on any atom is 0.263 e. The van der Waals surface area contributed by atoms with Gasteiger partial charge < -0.3 is 15.5 Å². The van der Waals surface area contributed by atoms with Gasteiger partial charge in [-0.2, -0.15) is 0 Å². The minimum Gasteiger partial charge on any atom is -0.351 e. The molecular weight excluding hydrogens is 432 g/mol. The van der Waals surface area contributed by atoms with Crippen LogP contribution in [0.2, 0.25) is 0 Å². The molecule has 3 heterocycles. The van der Waals surface area contributed by atoms with Crippen molar-refractivity contribution in [3.05, 3.63) is 39.3 Å². The molecule has 2 aromatic rings. The summed E-state index contributed by atoms with van der Waals surface area (Å²) >= 11 is 4.58. The van der Waals surface area contributed by atoms with E-state index in [4.69, 9.17) is 0 Å². The van der Waals surface area contributed by atoms with Gasteiger partial charge in [0.15, 0.2) is 5.13 Å². The van der Waals surface area contributed by atoms with E-state index in [-0.39, 0.29) is 24.1 Å². The molecule has 4 rings (SSSR count). The lowest BCUT2D eigenvalue weighted by molar-refractivity contribution is -0.122. The van der Waals surface area contributed by atoms with Gasteiger partial charge in [0.2, 0.25) is 11.8 Å². The Hall–Kier alpha value is -2.26. The molecule has 0 spiro atoms. The van der Waals surface area contributed by atoms with E-state index >= 15 is 0 Å². The molecular formula is C18H17BrN4O3S. The summed E-state index contributed by atoms with van der Waals surface area (Å²) in [6, 6.07) is 7.44. The van der Waals surface area contributed by atoms with Crippen LogP contribution >= 0.6 is 27.3 Å². The molecule has 3 amide bonds. The SMILES string of the molecule is O=C1NCCCc2nc(NC(=O)[C@@H]3CC(=O)N(c4cccc(Br)c4)C3)sc21. The van der Waals surface area contributed by atoms with Gasteiger partial charge in [0, 0.05) is 29.7 Å². The molecule has 0 unspecified atom stereocenters. The number of rotatable bonds is 3. The number of anilines is 2. The van der Waals surface area contributed by atoms with Gasteiger partial charge in [-0.15, -0.1) is 0 Å². The van der Waals surface area contributed by atoms with E-state index in [1.54, 1.807) is 4.90 Å². The quantitative estimate of drug-likeness (QED) is 0.754. The molecule has 9 heteroatoms. The van der Waals surface area contributed by atoms with Crippen LogP contribution in [-0.4, -0.2) is 35.8 Å². The Labute approximate surface area is 168 Å². The number of hydrogen-bond donors (Lipinski definition) is 2. The standard InChI is InChI=1S/C18H17BrN4O3S/c19-11-3-1-4-12(8-11)23-9-10(7-14(23)24)16(25)22-18-21-13-5-2-6-20-17(26)15(13)27-18/h1,3-4,8,10H,2,5-7,9H2,(H,20,26)(H,21,22,25)/t10-/m1/s1. The average molecular weight is 449 g/mol. The summed E-state index contributed by atoms with van der Waals surface area (Å²) in [5.41, 5.74) is 1.49. The third-order valence-corrected chi connectivity index (χ3v) is 6.13. The zero-order chi connectivity index (χ0) is 19.0. The number of hydrogen-bond acceptors (Lipinski definition) is 5. The molecule has 1 fully saturated rings. The van der Waals surface area contributed by atoms with Crippen molar-refractivity contribution in [1.29, 1.82) is 0 Å². The minimum atomic E-state index is -0.450. The largest absolute Gasteiger partial charge is 0.351 e. The van der Waals surface area contributed by atoms with Crippen molar-refractivity contribution < 1.29 is 14.4 Å². The minimum absolute atomic E-state index is 0.0810. The van der Waals surface area contributed by atoms with Gasteiger partial charge in [-0.1, -0.05) is 33.3 Å². The molecule has 0 bridgehead atoms. The summed E-state index contributed by atoms with van der Waals surface area (Å²) in [4.78, 5) is 43.6. The van der Waals surface area contributed by atoms with Crippen LogP contribution in [0.5, 0.6) is 0 Å². The first kappa shape index (κ1) is 18.1. The second-order valence-corrected chi connectivity index (χ2v) is 8.44. The Morgan fingerprint density at radius 2 is 2.22 bits per heavy atom. The number of halogens is 1. The highest BCUT2D eigenvalue weighted by molar-refractivity contribution is 9.10. The summed E-state index contributed by atoms with van der Waals surface area (Å²) < 4.78 is 0.878. The number of nitrogens with zero attached hydrogens (tertiary/aromatic N) is 2. The molecule has 1 atom stereocenters. The fraction of sp³-hybridized carbons (Fsp3) is 0.333. The Kier molecular flexibility index (Phi) is 4.96. The van der Waals surface area contributed by atoms with Crippen LogP contribution in [0.15, 0.2) is 28.7 Å². The van der Waals surface area contributed by atoms with Gasteiger partial charge >= 0.3 is 0 Å². The Balaban J connectivity index is 1.46. The predicted octanol–water partition coefficient (Wildman–Crippen LogP) is 2.57. The number of thiazole rings is 1. The van der Waals surface area contributed by atoms with Crippen molar-refractivity contribution in [2.24, 2.45) is 5.92 Å². The van der Waals surface area contributed by atoms with Crippen LogP contribution in [-0.2, 0) is 16.0 Å². The third kappa shape index (κ3) is 3.74. The van der Waals surface area contributed by atoms with E-state index in [1.807, 2.05) is 24.3 Å². The van der Waals surface area contributed by atoms with Crippen molar-refractivity contribution in [3.63, 3.8) is 0 Å². The molecule has 2 N–H and O–H groups in total. The number of aromatic nitrogens is 1. The molecule has 7 nitrogen and oxygen atoms in total. The van der Waals surface area contributed by atoms with E-state index in [2.05, 4.69) is 31.5 Å². The van der Waals surface area contributed by atoms with Gasteiger partial charge in [-0.05, 0) is 31.0 Å². The molecule has 1 saturated heterocycles.